The summed E-state index contributed by atoms with van der Waals surface area (Å²) in [6, 6.07) is 29.2. The van der Waals surface area contributed by atoms with Gasteiger partial charge in [-0.05, 0) is 78.7 Å². The standard InChI is InChI=1S/C49H30O5/c1-3-11-30-36-24-37-32-13-6-5-12-31-34-22-28(18-20-44(34)51-41(31)16-9-10-17-43(32)53-47(37)26-46(36)50-40(30)4-2)29-19-21-45-35(23-29)39-25-38-33-14-7-8-15-42(33)52-48(38)27-49(39)54-45/h3-27H,2H2,1H3/b6-5?,10-9?,11-3-,12-5+,13-6+,16-9-,17-10-,31-12?,32-13?,41-16?,43-17?. The maximum atomic E-state index is 6.41. The molecule has 0 bridgehead atoms. The van der Waals surface area contributed by atoms with Gasteiger partial charge in [0, 0.05) is 66.5 Å². The van der Waals surface area contributed by atoms with Crippen molar-refractivity contribution in [1.82, 2.24) is 0 Å². The summed E-state index contributed by atoms with van der Waals surface area (Å²) in [5.74, 6) is 2.29. The third kappa shape index (κ3) is 4.58. The number of fused-ring (bicyclic) bond motifs is 13. The highest BCUT2D eigenvalue weighted by molar-refractivity contribution is 6.15. The fourth-order valence-corrected chi connectivity index (χ4v) is 7.92. The molecule has 5 aromatic carbocycles. The van der Waals surface area contributed by atoms with Crippen molar-refractivity contribution in [2.45, 2.75) is 6.92 Å². The fourth-order valence-electron chi connectivity index (χ4n) is 7.92. The molecule has 0 spiro atoms. The summed E-state index contributed by atoms with van der Waals surface area (Å²) in [4.78, 5) is 0. The minimum Gasteiger partial charge on any atom is -0.456 e. The zero-order chi connectivity index (χ0) is 35.9. The highest BCUT2D eigenvalue weighted by atomic mass is 16.4. The van der Waals surface area contributed by atoms with Crippen LogP contribution in [0.15, 0.2) is 144 Å². The van der Waals surface area contributed by atoms with Gasteiger partial charge in [-0.2, -0.15) is 0 Å². The maximum absolute atomic E-state index is 6.41. The van der Waals surface area contributed by atoms with Gasteiger partial charge < -0.3 is 22.1 Å². The normalized spacial score (nSPS) is 15.7. The third-order valence-electron chi connectivity index (χ3n) is 10.5. The molecule has 54 heavy (non-hydrogen) atoms. The highest BCUT2D eigenvalue weighted by Gasteiger charge is 2.18. The molecule has 10 aromatic rings. The molecule has 0 unspecified atom stereocenters. The first kappa shape index (κ1) is 30.4. The lowest BCUT2D eigenvalue weighted by Crippen LogP contribution is -1.80. The van der Waals surface area contributed by atoms with Crippen molar-refractivity contribution in [3.63, 3.8) is 0 Å². The van der Waals surface area contributed by atoms with E-state index in [1.165, 1.54) is 0 Å². The van der Waals surface area contributed by atoms with E-state index < -0.39 is 0 Å². The van der Waals surface area contributed by atoms with Crippen LogP contribution in [0.2, 0.25) is 0 Å². The molecule has 5 nitrogen and oxygen atoms in total. The van der Waals surface area contributed by atoms with Gasteiger partial charge in [0.25, 0.3) is 0 Å². The first-order chi connectivity index (χ1) is 26.6. The lowest BCUT2D eigenvalue weighted by Gasteiger charge is -2.03. The Morgan fingerprint density at radius 1 is 0.444 bits per heavy atom. The van der Waals surface area contributed by atoms with E-state index in [2.05, 4.69) is 91.6 Å². The van der Waals surface area contributed by atoms with E-state index in [1.807, 2.05) is 67.6 Å². The zero-order valence-electron chi connectivity index (χ0n) is 29.2. The van der Waals surface area contributed by atoms with E-state index >= 15 is 0 Å². The van der Waals surface area contributed by atoms with E-state index in [0.717, 1.165) is 122 Å². The topological polar surface area (TPSA) is 65.7 Å². The Bertz CT molecular complexity index is 3350. The smallest absolute Gasteiger partial charge is 0.139 e. The lowest BCUT2D eigenvalue weighted by molar-refractivity contribution is 0.592. The first-order valence-corrected chi connectivity index (χ1v) is 18.0. The van der Waals surface area contributed by atoms with Crippen LogP contribution in [0, 0.1) is 0 Å². The van der Waals surface area contributed by atoms with Crippen LogP contribution >= 0.6 is 0 Å². The number of rotatable bonds is 3. The quantitative estimate of drug-likeness (QED) is 0.184. The van der Waals surface area contributed by atoms with Gasteiger partial charge >= 0.3 is 0 Å². The van der Waals surface area contributed by atoms with Gasteiger partial charge in [-0.1, -0.05) is 85.5 Å². The Kier molecular flexibility index (Phi) is 6.55. The lowest BCUT2D eigenvalue weighted by atomic mass is 9.99. The molecular formula is C49H30O5. The number of allylic oxidation sites excluding steroid dienone is 5. The van der Waals surface area contributed by atoms with Gasteiger partial charge in [-0.3, -0.25) is 0 Å². The monoisotopic (exact) mass is 698 g/mol. The minimum absolute atomic E-state index is 0.745. The third-order valence-corrected chi connectivity index (χ3v) is 10.5. The van der Waals surface area contributed by atoms with Crippen molar-refractivity contribution in [3.8, 4) is 11.1 Å². The molecule has 11 rings (SSSR count). The summed E-state index contributed by atoms with van der Waals surface area (Å²) in [5, 5.41) is 7.38. The van der Waals surface area contributed by atoms with Crippen molar-refractivity contribution in [1.29, 1.82) is 0 Å². The minimum atomic E-state index is 0.745. The summed E-state index contributed by atoms with van der Waals surface area (Å²) < 4.78 is 31.3. The van der Waals surface area contributed by atoms with Crippen molar-refractivity contribution < 1.29 is 22.1 Å². The molecule has 256 valence electrons. The molecule has 0 saturated carbocycles. The molecule has 0 fully saturated rings. The average Bonchev–Trinajstić information content (AvgIpc) is 3.99. The van der Waals surface area contributed by atoms with Crippen LogP contribution in [0.4, 0.5) is 0 Å². The van der Waals surface area contributed by atoms with Crippen LogP contribution in [-0.2, 0) is 0 Å². The molecular weight excluding hydrogens is 669 g/mol. The molecule has 0 radical (unpaired) electrons. The van der Waals surface area contributed by atoms with Crippen molar-refractivity contribution in [2.24, 2.45) is 0 Å². The van der Waals surface area contributed by atoms with Crippen molar-refractivity contribution in [2.75, 3.05) is 0 Å². The van der Waals surface area contributed by atoms with Gasteiger partial charge in [0.1, 0.15) is 56.4 Å². The van der Waals surface area contributed by atoms with E-state index in [0.29, 0.717) is 0 Å². The Morgan fingerprint density at radius 2 is 0.963 bits per heavy atom. The Balaban J connectivity index is 0.996. The van der Waals surface area contributed by atoms with Crippen LogP contribution < -0.4 is 0 Å². The molecule has 5 aromatic heterocycles. The predicted molar refractivity (Wildman–Crippen MR) is 223 cm³/mol. The Morgan fingerprint density at radius 3 is 1.67 bits per heavy atom. The van der Waals surface area contributed by atoms with Gasteiger partial charge in [0.05, 0.1) is 0 Å². The molecule has 5 heterocycles. The fraction of sp³-hybridized carbons (Fsp3) is 0.0204. The number of hydrogen-bond acceptors (Lipinski definition) is 5. The number of benzene rings is 5. The Labute approximate surface area is 308 Å². The van der Waals surface area contributed by atoms with E-state index in [1.54, 1.807) is 6.08 Å². The average molecular weight is 699 g/mol. The summed E-state index contributed by atoms with van der Waals surface area (Å²) in [5.41, 5.74) is 10.9. The molecule has 5 heteroatoms. The summed E-state index contributed by atoms with van der Waals surface area (Å²) in [6.45, 7) is 5.94. The largest absolute Gasteiger partial charge is 0.456 e. The first-order valence-electron chi connectivity index (χ1n) is 18.0. The number of furan rings is 5. The van der Waals surface area contributed by atoms with Gasteiger partial charge in [0.2, 0.25) is 0 Å². The second-order valence-corrected chi connectivity index (χ2v) is 13.6. The molecule has 1 aliphatic rings. The van der Waals surface area contributed by atoms with Gasteiger partial charge in [-0.15, -0.1) is 0 Å². The van der Waals surface area contributed by atoms with E-state index in [9.17, 15) is 0 Å². The zero-order valence-corrected chi connectivity index (χ0v) is 29.2. The molecule has 0 N–H and O–H groups in total. The molecule has 0 amide bonds. The maximum Gasteiger partial charge on any atom is 0.139 e. The number of hydrogen-bond donors (Lipinski definition) is 0. The molecule has 1 aliphatic carbocycles. The molecule has 0 aliphatic heterocycles. The summed E-state index contributed by atoms with van der Waals surface area (Å²) >= 11 is 0. The molecule has 0 saturated heterocycles. The van der Waals surface area contributed by atoms with Crippen LogP contribution in [0.25, 0.3) is 124 Å². The summed E-state index contributed by atoms with van der Waals surface area (Å²) in [7, 11) is 0. The van der Waals surface area contributed by atoms with Crippen LogP contribution in [0.3, 0.4) is 0 Å². The predicted octanol–water partition coefficient (Wildman–Crippen LogP) is 14.8. The van der Waals surface area contributed by atoms with Gasteiger partial charge in [0.15, 0.2) is 0 Å². The van der Waals surface area contributed by atoms with E-state index in [-0.39, 0.29) is 0 Å². The van der Waals surface area contributed by atoms with Crippen molar-refractivity contribution >= 4 is 113 Å². The van der Waals surface area contributed by atoms with E-state index in [4.69, 9.17) is 22.1 Å². The second-order valence-electron chi connectivity index (χ2n) is 13.6. The Hall–Kier alpha value is -7.24. The number of para-hydroxylation sites is 1. The molecule has 0 atom stereocenters. The highest BCUT2D eigenvalue weighted by Crippen LogP contribution is 2.40. The van der Waals surface area contributed by atoms with Crippen molar-refractivity contribution in [3.05, 3.63) is 156 Å². The summed E-state index contributed by atoms with van der Waals surface area (Å²) in [6.07, 6.45) is 22.1. The van der Waals surface area contributed by atoms with Crippen LogP contribution in [0.1, 0.15) is 40.9 Å². The second kappa shape index (κ2) is 11.6. The van der Waals surface area contributed by atoms with Crippen LogP contribution in [-0.4, -0.2) is 0 Å². The van der Waals surface area contributed by atoms with Crippen LogP contribution in [0.5, 0.6) is 0 Å². The van der Waals surface area contributed by atoms with Gasteiger partial charge in [-0.25, -0.2) is 0 Å². The SMILES string of the molecule is C=Cc1oc2cc3oc4c(c3cc2c1/C=C\C)/C=C/C=C/c1c(oc2ccc(-c3ccc5oc6cc7oc8ccccc8c7cc6c5c3)cc12)/C=C\C=C/4.